The first-order valence-corrected chi connectivity index (χ1v) is 13.9. The molecule has 39 heavy (non-hydrogen) atoms. The standard InChI is InChI=1S/C30H38N6O3/c1-29(2)18-35(22-8-5-20(16-31)6-9-22)24-11-10-23(33-27(24)29)28(39)36-14-13-34(19-30(36,3)4)25-12-7-21(17-32-25)15-26(37)38/h7,10-12,17,20,22H,5-6,8-9,13-15,18-19H2,1-4H3,(H,37,38). The first-order valence-electron chi connectivity index (χ1n) is 13.9. The highest BCUT2D eigenvalue weighted by Crippen LogP contribution is 2.43. The Bertz CT molecular complexity index is 1290. The minimum atomic E-state index is -0.878. The summed E-state index contributed by atoms with van der Waals surface area (Å²) in [5.74, 6) is 0.0174. The fourth-order valence-electron chi connectivity index (χ4n) is 6.48. The van der Waals surface area contributed by atoms with Crippen molar-refractivity contribution in [1.29, 1.82) is 5.26 Å². The van der Waals surface area contributed by atoms with Gasteiger partial charge in [0, 0.05) is 49.8 Å². The number of hydrogen-bond donors (Lipinski definition) is 1. The van der Waals surface area contributed by atoms with Crippen molar-refractivity contribution in [2.75, 3.05) is 36.0 Å². The van der Waals surface area contributed by atoms with Crippen LogP contribution in [0.1, 0.15) is 75.1 Å². The van der Waals surface area contributed by atoms with Gasteiger partial charge < -0.3 is 19.8 Å². The van der Waals surface area contributed by atoms with Crippen LogP contribution in [0, 0.1) is 17.2 Å². The Balaban J connectivity index is 1.31. The molecule has 2 aromatic heterocycles. The normalized spacial score (nSPS) is 23.7. The van der Waals surface area contributed by atoms with Crippen molar-refractivity contribution in [3.8, 4) is 6.07 Å². The van der Waals surface area contributed by atoms with Crippen LogP contribution in [0.2, 0.25) is 0 Å². The first kappa shape index (κ1) is 26.9. The fourth-order valence-corrected chi connectivity index (χ4v) is 6.48. The number of nitrogens with zero attached hydrogens (tertiary/aromatic N) is 6. The van der Waals surface area contributed by atoms with Crippen molar-refractivity contribution in [2.45, 2.75) is 76.8 Å². The molecule has 1 aliphatic carbocycles. The van der Waals surface area contributed by atoms with Crippen molar-refractivity contribution >= 4 is 23.4 Å². The van der Waals surface area contributed by atoms with E-state index in [0.717, 1.165) is 49.4 Å². The lowest BCUT2D eigenvalue weighted by atomic mass is 9.86. The van der Waals surface area contributed by atoms with Crippen LogP contribution in [-0.4, -0.2) is 69.6 Å². The predicted molar refractivity (Wildman–Crippen MR) is 149 cm³/mol. The van der Waals surface area contributed by atoms with Crippen LogP contribution in [0.5, 0.6) is 0 Å². The Morgan fingerprint density at radius 1 is 1.05 bits per heavy atom. The zero-order chi connectivity index (χ0) is 27.9. The van der Waals surface area contributed by atoms with Gasteiger partial charge in [0.2, 0.25) is 0 Å². The molecule has 1 saturated heterocycles. The molecule has 0 aromatic carbocycles. The number of nitriles is 1. The number of carbonyl (C=O) groups excluding carboxylic acids is 1. The molecule has 0 unspecified atom stereocenters. The molecule has 0 bridgehead atoms. The number of aromatic nitrogens is 2. The summed E-state index contributed by atoms with van der Waals surface area (Å²) >= 11 is 0. The van der Waals surface area contributed by atoms with Crippen LogP contribution >= 0.6 is 0 Å². The second kappa shape index (κ2) is 10.1. The van der Waals surface area contributed by atoms with Crippen molar-refractivity contribution < 1.29 is 14.7 Å². The molecule has 1 N–H and O–H groups in total. The number of piperazine rings is 1. The summed E-state index contributed by atoms with van der Waals surface area (Å²) < 4.78 is 0. The third-order valence-electron chi connectivity index (χ3n) is 8.56. The zero-order valence-corrected chi connectivity index (χ0v) is 23.4. The summed E-state index contributed by atoms with van der Waals surface area (Å²) in [6.45, 7) is 11.2. The molecule has 9 heteroatoms. The first-order chi connectivity index (χ1) is 18.5. The van der Waals surface area contributed by atoms with Gasteiger partial charge in [0.05, 0.1) is 29.4 Å². The number of hydrogen-bond acceptors (Lipinski definition) is 7. The van der Waals surface area contributed by atoms with E-state index in [-0.39, 0.29) is 23.7 Å². The number of fused-ring (bicyclic) bond motifs is 1. The topological polar surface area (TPSA) is 114 Å². The highest BCUT2D eigenvalue weighted by Gasteiger charge is 2.42. The minimum Gasteiger partial charge on any atom is -0.481 e. The number of aliphatic carboxylic acids is 1. The summed E-state index contributed by atoms with van der Waals surface area (Å²) in [5, 5.41) is 18.3. The predicted octanol–water partition coefficient (Wildman–Crippen LogP) is 4.02. The van der Waals surface area contributed by atoms with E-state index >= 15 is 0 Å². The Kier molecular flexibility index (Phi) is 7.00. The average Bonchev–Trinajstić information content (AvgIpc) is 3.18. The maximum absolute atomic E-state index is 13.8. The largest absolute Gasteiger partial charge is 0.481 e. The molecule has 1 saturated carbocycles. The van der Waals surface area contributed by atoms with Gasteiger partial charge in [-0.3, -0.25) is 9.59 Å². The van der Waals surface area contributed by atoms with Gasteiger partial charge in [0.1, 0.15) is 11.5 Å². The molecular weight excluding hydrogens is 492 g/mol. The number of amides is 1. The van der Waals surface area contributed by atoms with Crippen LogP contribution < -0.4 is 9.80 Å². The van der Waals surface area contributed by atoms with Gasteiger partial charge in [0.25, 0.3) is 5.91 Å². The molecular formula is C30H38N6O3. The van der Waals surface area contributed by atoms with Gasteiger partial charge in [0.15, 0.2) is 0 Å². The molecule has 1 amide bonds. The second-order valence-electron chi connectivity index (χ2n) is 12.5. The fraction of sp³-hybridized carbons (Fsp3) is 0.567. The van der Waals surface area contributed by atoms with E-state index in [1.54, 1.807) is 12.3 Å². The van der Waals surface area contributed by atoms with E-state index in [2.05, 4.69) is 54.6 Å². The van der Waals surface area contributed by atoms with Crippen molar-refractivity contribution in [3.63, 3.8) is 0 Å². The monoisotopic (exact) mass is 530 g/mol. The molecule has 2 aromatic rings. The second-order valence-corrected chi connectivity index (χ2v) is 12.5. The lowest BCUT2D eigenvalue weighted by molar-refractivity contribution is -0.136. The number of carbonyl (C=O) groups is 2. The molecule has 4 heterocycles. The highest BCUT2D eigenvalue weighted by molar-refractivity contribution is 5.93. The van der Waals surface area contributed by atoms with Gasteiger partial charge in [-0.2, -0.15) is 5.26 Å². The summed E-state index contributed by atoms with van der Waals surface area (Å²) in [4.78, 5) is 40.8. The van der Waals surface area contributed by atoms with E-state index in [1.165, 1.54) is 0 Å². The Hall–Kier alpha value is -3.67. The lowest BCUT2D eigenvalue weighted by Gasteiger charge is -2.47. The maximum atomic E-state index is 13.8. The lowest BCUT2D eigenvalue weighted by Crippen LogP contribution is -2.61. The highest BCUT2D eigenvalue weighted by atomic mass is 16.4. The van der Waals surface area contributed by atoms with Crippen molar-refractivity contribution in [1.82, 2.24) is 14.9 Å². The van der Waals surface area contributed by atoms with Crippen LogP contribution in [-0.2, 0) is 16.6 Å². The maximum Gasteiger partial charge on any atom is 0.307 e. The summed E-state index contributed by atoms with van der Waals surface area (Å²) in [6.07, 6.45) is 5.49. The van der Waals surface area contributed by atoms with Gasteiger partial charge in [-0.1, -0.05) is 19.9 Å². The quantitative estimate of drug-likeness (QED) is 0.617. The van der Waals surface area contributed by atoms with E-state index in [9.17, 15) is 14.9 Å². The van der Waals surface area contributed by atoms with E-state index in [0.29, 0.717) is 36.9 Å². The molecule has 2 fully saturated rings. The number of carboxylic acid groups (broad SMARTS) is 1. The Morgan fingerprint density at radius 2 is 1.79 bits per heavy atom. The van der Waals surface area contributed by atoms with E-state index in [1.807, 2.05) is 17.0 Å². The SMILES string of the molecule is CC1(C)CN(C2CCC(C#N)CC2)c2ccc(C(=O)N3CCN(c4ccc(CC(=O)O)cn4)CC3(C)C)nc21. The minimum absolute atomic E-state index is 0.0499. The number of pyridine rings is 2. The Morgan fingerprint density at radius 3 is 2.41 bits per heavy atom. The summed E-state index contributed by atoms with van der Waals surface area (Å²) in [7, 11) is 0. The van der Waals surface area contributed by atoms with Crippen molar-refractivity contribution in [3.05, 3.63) is 47.4 Å². The molecule has 0 spiro atoms. The third-order valence-corrected chi connectivity index (χ3v) is 8.56. The van der Waals surface area contributed by atoms with E-state index < -0.39 is 11.5 Å². The molecule has 0 atom stereocenters. The number of anilines is 2. The third kappa shape index (κ3) is 5.29. The van der Waals surface area contributed by atoms with Gasteiger partial charge >= 0.3 is 5.97 Å². The van der Waals surface area contributed by atoms with Crippen molar-refractivity contribution in [2.24, 2.45) is 5.92 Å². The molecule has 0 radical (unpaired) electrons. The molecule has 2 aliphatic heterocycles. The average molecular weight is 531 g/mol. The Labute approximate surface area is 230 Å². The molecule has 206 valence electrons. The molecule has 5 rings (SSSR count). The zero-order valence-electron chi connectivity index (χ0n) is 23.4. The summed E-state index contributed by atoms with van der Waals surface area (Å²) in [6, 6.07) is 10.5. The van der Waals surface area contributed by atoms with Crippen LogP contribution in [0.4, 0.5) is 11.5 Å². The molecule has 9 nitrogen and oxygen atoms in total. The number of rotatable bonds is 5. The van der Waals surface area contributed by atoms with Gasteiger partial charge in [-0.15, -0.1) is 0 Å². The smallest absolute Gasteiger partial charge is 0.307 e. The van der Waals surface area contributed by atoms with Crippen LogP contribution in [0.25, 0.3) is 0 Å². The van der Waals surface area contributed by atoms with Crippen LogP contribution in [0.15, 0.2) is 30.5 Å². The summed E-state index contributed by atoms with van der Waals surface area (Å²) in [5.41, 5.74) is 2.65. The van der Waals surface area contributed by atoms with Gasteiger partial charge in [-0.25, -0.2) is 9.97 Å². The number of carboxylic acids is 1. The molecule has 3 aliphatic rings. The van der Waals surface area contributed by atoms with Crippen LogP contribution in [0.3, 0.4) is 0 Å². The van der Waals surface area contributed by atoms with Gasteiger partial charge in [-0.05, 0) is 63.3 Å². The van der Waals surface area contributed by atoms with E-state index in [4.69, 9.17) is 10.1 Å².